The summed E-state index contributed by atoms with van der Waals surface area (Å²) in [4.78, 5) is 13.3. The van der Waals surface area contributed by atoms with E-state index in [1.165, 1.54) is 12.8 Å². The molecule has 1 unspecified atom stereocenters. The number of alkyl carbamates (subject to hydrolysis) is 1. The molecule has 5 nitrogen and oxygen atoms in total. The number of nitrogens with one attached hydrogen (secondary N) is 1. The van der Waals surface area contributed by atoms with Crippen LogP contribution in [0, 0.1) is 5.92 Å². The second kappa shape index (κ2) is 5.50. The second-order valence-corrected chi connectivity index (χ2v) is 4.73. The van der Waals surface area contributed by atoms with Crippen LogP contribution in [-0.2, 0) is 4.74 Å². The summed E-state index contributed by atoms with van der Waals surface area (Å²) in [7, 11) is 0. The molecular weight excluding hydrogens is 206 g/mol. The quantitative estimate of drug-likeness (QED) is 0.717. The standard InChI is InChI=1S/C11H21N3O2/c12-4-1-9-2-5-14(6-3-9)8-10-7-13-11(15)16-10/h9-10H,1-8,12H2,(H,13,15). The second-order valence-electron chi connectivity index (χ2n) is 4.73. The number of cyclic esters (lactones) is 1. The lowest BCUT2D eigenvalue weighted by Crippen LogP contribution is -2.40. The number of amides is 1. The van der Waals surface area contributed by atoms with Crippen LogP contribution in [0.1, 0.15) is 19.3 Å². The van der Waals surface area contributed by atoms with Crippen molar-refractivity contribution < 1.29 is 9.53 Å². The third-order valence-corrected chi connectivity index (χ3v) is 3.49. The van der Waals surface area contributed by atoms with Crippen molar-refractivity contribution in [2.24, 2.45) is 11.7 Å². The summed E-state index contributed by atoms with van der Waals surface area (Å²) >= 11 is 0. The predicted octanol–water partition coefficient (Wildman–Crippen LogP) is 0.156. The normalized spacial score (nSPS) is 27.8. The number of nitrogens with zero attached hydrogens (tertiary/aromatic N) is 1. The molecule has 0 aromatic carbocycles. The minimum absolute atomic E-state index is 0.0403. The van der Waals surface area contributed by atoms with Gasteiger partial charge in [-0.2, -0.15) is 0 Å². The van der Waals surface area contributed by atoms with Crippen LogP contribution < -0.4 is 11.1 Å². The van der Waals surface area contributed by atoms with Crippen molar-refractivity contribution in [3.05, 3.63) is 0 Å². The molecule has 3 N–H and O–H groups in total. The first-order chi connectivity index (χ1) is 7.78. The molecule has 0 saturated carbocycles. The van der Waals surface area contributed by atoms with Gasteiger partial charge in [0, 0.05) is 6.54 Å². The SMILES string of the molecule is NCCC1CCN(CC2CNC(=O)O2)CC1. The maximum Gasteiger partial charge on any atom is 0.407 e. The number of likely N-dealkylation sites (tertiary alicyclic amines) is 1. The van der Waals surface area contributed by atoms with Crippen molar-refractivity contribution in [1.82, 2.24) is 10.2 Å². The van der Waals surface area contributed by atoms with E-state index in [4.69, 9.17) is 10.5 Å². The van der Waals surface area contributed by atoms with Gasteiger partial charge in [-0.3, -0.25) is 4.90 Å². The zero-order chi connectivity index (χ0) is 11.4. The Morgan fingerprint density at radius 3 is 2.75 bits per heavy atom. The predicted molar refractivity (Wildman–Crippen MR) is 61.1 cm³/mol. The minimum Gasteiger partial charge on any atom is -0.443 e. The fourth-order valence-electron chi connectivity index (χ4n) is 2.52. The van der Waals surface area contributed by atoms with Crippen LogP contribution in [0.25, 0.3) is 0 Å². The van der Waals surface area contributed by atoms with E-state index < -0.39 is 0 Å². The highest BCUT2D eigenvalue weighted by molar-refractivity contribution is 5.69. The van der Waals surface area contributed by atoms with Gasteiger partial charge in [-0.25, -0.2) is 4.79 Å². The molecule has 0 radical (unpaired) electrons. The van der Waals surface area contributed by atoms with Gasteiger partial charge in [0.25, 0.3) is 0 Å². The Balaban J connectivity index is 1.67. The third kappa shape index (κ3) is 3.09. The molecule has 0 aromatic heterocycles. The maximum atomic E-state index is 10.9. The van der Waals surface area contributed by atoms with E-state index in [1.807, 2.05) is 0 Å². The van der Waals surface area contributed by atoms with Crippen molar-refractivity contribution in [3.8, 4) is 0 Å². The van der Waals surface area contributed by atoms with Crippen LogP contribution in [0.3, 0.4) is 0 Å². The molecule has 92 valence electrons. The zero-order valence-corrected chi connectivity index (χ0v) is 9.65. The van der Waals surface area contributed by atoms with Crippen LogP contribution in [0.5, 0.6) is 0 Å². The first-order valence-corrected chi connectivity index (χ1v) is 6.15. The molecule has 16 heavy (non-hydrogen) atoms. The van der Waals surface area contributed by atoms with Crippen LogP contribution in [-0.4, -0.2) is 49.8 Å². The first kappa shape index (κ1) is 11.7. The van der Waals surface area contributed by atoms with Crippen LogP contribution in [0.15, 0.2) is 0 Å². The van der Waals surface area contributed by atoms with E-state index in [9.17, 15) is 4.79 Å². The number of carbonyl (C=O) groups is 1. The Kier molecular flexibility index (Phi) is 4.01. The smallest absolute Gasteiger partial charge is 0.407 e. The van der Waals surface area contributed by atoms with Crippen LogP contribution >= 0.6 is 0 Å². The number of nitrogens with two attached hydrogens (primary N) is 1. The Labute approximate surface area is 96.3 Å². The van der Waals surface area contributed by atoms with Gasteiger partial charge >= 0.3 is 6.09 Å². The molecule has 1 amide bonds. The highest BCUT2D eigenvalue weighted by Crippen LogP contribution is 2.20. The van der Waals surface area contributed by atoms with E-state index in [2.05, 4.69) is 10.2 Å². The molecule has 2 saturated heterocycles. The molecule has 0 bridgehead atoms. The third-order valence-electron chi connectivity index (χ3n) is 3.49. The number of hydrogen-bond acceptors (Lipinski definition) is 4. The zero-order valence-electron chi connectivity index (χ0n) is 9.65. The van der Waals surface area contributed by atoms with E-state index in [0.717, 1.165) is 38.5 Å². The number of hydrogen-bond donors (Lipinski definition) is 2. The van der Waals surface area contributed by atoms with Gasteiger partial charge in [-0.15, -0.1) is 0 Å². The first-order valence-electron chi connectivity index (χ1n) is 6.15. The molecule has 0 aliphatic carbocycles. The molecule has 2 rings (SSSR count). The Morgan fingerprint density at radius 1 is 1.44 bits per heavy atom. The summed E-state index contributed by atoms with van der Waals surface area (Å²) < 4.78 is 5.13. The number of ether oxygens (including phenoxy) is 1. The summed E-state index contributed by atoms with van der Waals surface area (Å²) in [5, 5.41) is 2.68. The average Bonchev–Trinajstić information content (AvgIpc) is 2.67. The molecule has 2 aliphatic rings. The van der Waals surface area contributed by atoms with E-state index in [-0.39, 0.29) is 12.2 Å². The lowest BCUT2D eigenvalue weighted by Gasteiger charge is -2.32. The van der Waals surface area contributed by atoms with Gasteiger partial charge in [-0.05, 0) is 44.8 Å². The summed E-state index contributed by atoms with van der Waals surface area (Å²) in [5.74, 6) is 0.797. The maximum absolute atomic E-state index is 10.9. The lowest BCUT2D eigenvalue weighted by molar-refractivity contribution is 0.0906. The van der Waals surface area contributed by atoms with Gasteiger partial charge in [0.2, 0.25) is 0 Å². The summed E-state index contributed by atoms with van der Waals surface area (Å²) in [5.41, 5.74) is 5.56. The van der Waals surface area contributed by atoms with Crippen molar-refractivity contribution in [3.63, 3.8) is 0 Å². The van der Waals surface area contributed by atoms with Crippen molar-refractivity contribution >= 4 is 6.09 Å². The highest BCUT2D eigenvalue weighted by Gasteiger charge is 2.26. The summed E-state index contributed by atoms with van der Waals surface area (Å²) in [6.07, 6.45) is 3.37. The van der Waals surface area contributed by atoms with Gasteiger partial charge in [-0.1, -0.05) is 0 Å². The lowest BCUT2D eigenvalue weighted by atomic mass is 9.93. The fraction of sp³-hybridized carbons (Fsp3) is 0.909. The number of rotatable bonds is 4. The topological polar surface area (TPSA) is 67.6 Å². The van der Waals surface area contributed by atoms with Crippen molar-refractivity contribution in [2.75, 3.05) is 32.7 Å². The van der Waals surface area contributed by atoms with Crippen LogP contribution in [0.2, 0.25) is 0 Å². The molecular formula is C11H21N3O2. The van der Waals surface area contributed by atoms with E-state index >= 15 is 0 Å². The summed E-state index contributed by atoms with van der Waals surface area (Å²) in [6.45, 7) is 4.54. The molecule has 2 heterocycles. The van der Waals surface area contributed by atoms with Crippen molar-refractivity contribution in [2.45, 2.75) is 25.4 Å². The van der Waals surface area contributed by atoms with Gasteiger partial charge in [0.1, 0.15) is 6.10 Å². The highest BCUT2D eigenvalue weighted by atomic mass is 16.6. The monoisotopic (exact) mass is 227 g/mol. The molecule has 2 fully saturated rings. The molecule has 5 heteroatoms. The molecule has 0 spiro atoms. The molecule has 2 aliphatic heterocycles. The fourth-order valence-corrected chi connectivity index (χ4v) is 2.52. The van der Waals surface area contributed by atoms with Crippen LogP contribution in [0.4, 0.5) is 4.79 Å². The van der Waals surface area contributed by atoms with Gasteiger partial charge in [0.15, 0.2) is 0 Å². The number of piperidine rings is 1. The largest absolute Gasteiger partial charge is 0.443 e. The molecule has 0 aromatic rings. The molecule has 1 atom stereocenters. The minimum atomic E-state index is -0.275. The average molecular weight is 227 g/mol. The van der Waals surface area contributed by atoms with Gasteiger partial charge in [0.05, 0.1) is 6.54 Å². The van der Waals surface area contributed by atoms with E-state index in [1.54, 1.807) is 0 Å². The Morgan fingerprint density at radius 2 is 2.19 bits per heavy atom. The van der Waals surface area contributed by atoms with Gasteiger partial charge < -0.3 is 15.8 Å². The Hall–Kier alpha value is -0.810. The summed E-state index contributed by atoms with van der Waals surface area (Å²) in [6, 6.07) is 0. The Bertz CT molecular complexity index is 239. The number of carbonyl (C=O) groups excluding carboxylic acids is 1. The van der Waals surface area contributed by atoms with E-state index in [0.29, 0.717) is 6.54 Å². The van der Waals surface area contributed by atoms with Crippen molar-refractivity contribution in [1.29, 1.82) is 0 Å².